The summed E-state index contributed by atoms with van der Waals surface area (Å²) in [4.78, 5) is 16.9. The first-order valence-electron chi connectivity index (χ1n) is 10.2. The maximum absolute atomic E-state index is 12.2. The number of para-hydroxylation sites is 3. The number of fused-ring (bicyclic) bond motifs is 1. The summed E-state index contributed by atoms with van der Waals surface area (Å²) < 4.78 is 7.74. The molecule has 0 radical (unpaired) electrons. The van der Waals surface area contributed by atoms with Crippen molar-refractivity contribution in [2.45, 2.75) is 52.1 Å². The van der Waals surface area contributed by atoms with Crippen LogP contribution in [0, 0.1) is 0 Å². The zero-order valence-corrected chi connectivity index (χ0v) is 16.6. The number of nitrogens with zero attached hydrogens (tertiary/aromatic N) is 2. The number of ether oxygens (including phenoxy) is 1. The van der Waals surface area contributed by atoms with Gasteiger partial charge in [0.2, 0.25) is 0 Å². The number of unbranched alkanes of at least 4 members (excludes halogenated alkanes) is 4. The first kappa shape index (κ1) is 19.9. The van der Waals surface area contributed by atoms with E-state index in [4.69, 9.17) is 9.72 Å². The van der Waals surface area contributed by atoms with Crippen molar-refractivity contribution in [1.82, 2.24) is 14.9 Å². The van der Waals surface area contributed by atoms with Crippen LogP contribution >= 0.6 is 0 Å². The Kier molecular flexibility index (Phi) is 7.47. The summed E-state index contributed by atoms with van der Waals surface area (Å²) in [5.74, 6) is 1.44. The molecule has 0 atom stereocenters. The molecule has 0 spiro atoms. The zero-order valence-electron chi connectivity index (χ0n) is 16.6. The minimum atomic E-state index is -0.148. The van der Waals surface area contributed by atoms with Crippen molar-refractivity contribution in [3.05, 3.63) is 60.4 Å². The van der Waals surface area contributed by atoms with Crippen molar-refractivity contribution in [1.29, 1.82) is 0 Å². The summed E-state index contributed by atoms with van der Waals surface area (Å²) in [6.45, 7) is 3.56. The van der Waals surface area contributed by atoms with Crippen LogP contribution in [0.1, 0.15) is 44.9 Å². The Balaban J connectivity index is 1.58. The molecule has 0 saturated carbocycles. The highest BCUT2D eigenvalue weighted by molar-refractivity contribution is 5.78. The van der Waals surface area contributed by atoms with Crippen molar-refractivity contribution in [2.24, 2.45) is 0 Å². The van der Waals surface area contributed by atoms with Crippen LogP contribution in [0.2, 0.25) is 0 Å². The number of carbonyl (C=O) groups is 1. The number of aromatic nitrogens is 2. The van der Waals surface area contributed by atoms with Gasteiger partial charge in [-0.05, 0) is 30.7 Å². The van der Waals surface area contributed by atoms with E-state index in [0.29, 0.717) is 12.3 Å². The fourth-order valence-corrected chi connectivity index (χ4v) is 3.28. The van der Waals surface area contributed by atoms with Gasteiger partial charge in [-0.2, -0.15) is 0 Å². The zero-order chi connectivity index (χ0) is 19.6. The molecule has 0 aliphatic rings. The maximum Gasteiger partial charge on any atom is 0.258 e. The fraction of sp³-hybridized carbons (Fsp3) is 0.391. The first-order chi connectivity index (χ1) is 13.8. The number of hydrogen-bond acceptors (Lipinski definition) is 3. The Morgan fingerprint density at radius 3 is 2.57 bits per heavy atom. The number of benzene rings is 2. The van der Waals surface area contributed by atoms with Crippen molar-refractivity contribution in [3.63, 3.8) is 0 Å². The van der Waals surface area contributed by atoms with E-state index in [1.807, 2.05) is 48.5 Å². The van der Waals surface area contributed by atoms with Gasteiger partial charge in [-0.3, -0.25) is 4.79 Å². The van der Waals surface area contributed by atoms with E-state index in [2.05, 4.69) is 22.9 Å². The number of carbonyl (C=O) groups excluding carboxylic acids is 1. The standard InChI is InChI=1S/C23H29N3O2/c1-2-3-4-5-11-16-26-21-15-10-9-14-20(21)25-22(26)17-24-23(27)18-28-19-12-7-6-8-13-19/h6-10,12-15H,2-5,11,16-18H2,1H3,(H,24,27). The summed E-state index contributed by atoms with van der Waals surface area (Å²) in [7, 11) is 0. The maximum atomic E-state index is 12.2. The number of hydrogen-bond donors (Lipinski definition) is 1. The Bertz CT molecular complexity index is 874. The van der Waals surface area contributed by atoms with Crippen LogP contribution in [0.5, 0.6) is 5.75 Å². The molecule has 5 heteroatoms. The molecule has 0 saturated heterocycles. The van der Waals surface area contributed by atoms with Gasteiger partial charge in [0.15, 0.2) is 6.61 Å². The summed E-state index contributed by atoms with van der Waals surface area (Å²) in [6.07, 6.45) is 6.15. The SMILES string of the molecule is CCCCCCCn1c(CNC(=O)COc2ccccc2)nc2ccccc21. The Hall–Kier alpha value is -2.82. The lowest BCUT2D eigenvalue weighted by Crippen LogP contribution is -2.29. The lowest BCUT2D eigenvalue weighted by Gasteiger charge is -2.11. The summed E-state index contributed by atoms with van der Waals surface area (Å²) in [5, 5.41) is 2.93. The molecule has 1 N–H and O–H groups in total. The number of amides is 1. The van der Waals surface area contributed by atoms with E-state index in [1.165, 1.54) is 25.7 Å². The van der Waals surface area contributed by atoms with Gasteiger partial charge in [0.05, 0.1) is 17.6 Å². The van der Waals surface area contributed by atoms with E-state index in [9.17, 15) is 4.79 Å². The number of aryl methyl sites for hydroxylation is 1. The van der Waals surface area contributed by atoms with Crippen molar-refractivity contribution in [2.75, 3.05) is 6.61 Å². The predicted octanol–water partition coefficient (Wildman–Crippen LogP) is 4.70. The highest BCUT2D eigenvalue weighted by atomic mass is 16.5. The predicted molar refractivity (Wildman–Crippen MR) is 112 cm³/mol. The molecule has 1 heterocycles. The first-order valence-corrected chi connectivity index (χ1v) is 10.2. The minimum absolute atomic E-state index is 0.00125. The van der Waals surface area contributed by atoms with Crippen molar-refractivity contribution >= 4 is 16.9 Å². The smallest absolute Gasteiger partial charge is 0.258 e. The molecule has 0 unspecified atom stereocenters. The molecule has 0 aliphatic carbocycles. The molecule has 2 aromatic carbocycles. The molecule has 3 aromatic rings. The molecule has 148 valence electrons. The van der Waals surface area contributed by atoms with Gasteiger partial charge in [0.1, 0.15) is 11.6 Å². The number of imidazole rings is 1. The topological polar surface area (TPSA) is 56.2 Å². The third-order valence-electron chi connectivity index (χ3n) is 4.78. The van der Waals surface area contributed by atoms with E-state index >= 15 is 0 Å². The second-order valence-corrected chi connectivity index (χ2v) is 6.96. The monoisotopic (exact) mass is 379 g/mol. The highest BCUT2D eigenvalue weighted by Gasteiger charge is 2.11. The van der Waals surface area contributed by atoms with Gasteiger partial charge in [-0.25, -0.2) is 4.98 Å². The van der Waals surface area contributed by atoms with Crippen LogP contribution in [0.15, 0.2) is 54.6 Å². The molecule has 0 bridgehead atoms. The van der Waals surface area contributed by atoms with Gasteiger partial charge >= 0.3 is 0 Å². The molecule has 5 nitrogen and oxygen atoms in total. The second kappa shape index (κ2) is 10.5. The molecule has 28 heavy (non-hydrogen) atoms. The fourth-order valence-electron chi connectivity index (χ4n) is 3.28. The molecule has 1 aromatic heterocycles. The Morgan fingerprint density at radius 1 is 1.00 bits per heavy atom. The van der Waals surface area contributed by atoms with Crippen LogP contribution in [-0.2, 0) is 17.9 Å². The van der Waals surface area contributed by atoms with Gasteiger partial charge in [-0.15, -0.1) is 0 Å². The second-order valence-electron chi connectivity index (χ2n) is 6.96. The molecule has 3 rings (SSSR count). The Morgan fingerprint density at radius 2 is 1.75 bits per heavy atom. The molecule has 0 fully saturated rings. The van der Waals surface area contributed by atoms with Crippen molar-refractivity contribution < 1.29 is 9.53 Å². The third-order valence-corrected chi connectivity index (χ3v) is 4.78. The Labute approximate surface area is 166 Å². The van der Waals surface area contributed by atoms with Gasteiger partial charge in [-0.1, -0.05) is 62.9 Å². The summed E-state index contributed by atoms with van der Waals surface area (Å²) in [6, 6.07) is 17.5. The number of rotatable bonds is 11. The number of nitrogens with one attached hydrogen (secondary N) is 1. The molecule has 1 amide bonds. The van der Waals surface area contributed by atoms with E-state index < -0.39 is 0 Å². The van der Waals surface area contributed by atoms with E-state index in [0.717, 1.165) is 29.8 Å². The van der Waals surface area contributed by atoms with Crippen LogP contribution in [0.4, 0.5) is 0 Å². The third kappa shape index (κ3) is 5.59. The van der Waals surface area contributed by atoms with Crippen molar-refractivity contribution in [3.8, 4) is 5.75 Å². The average molecular weight is 380 g/mol. The van der Waals surface area contributed by atoms with E-state index in [-0.39, 0.29) is 12.5 Å². The van der Waals surface area contributed by atoms with E-state index in [1.54, 1.807) is 0 Å². The van der Waals surface area contributed by atoms with Gasteiger partial charge in [0.25, 0.3) is 5.91 Å². The quantitative estimate of drug-likeness (QED) is 0.491. The van der Waals surface area contributed by atoms with Crippen LogP contribution in [0.25, 0.3) is 11.0 Å². The minimum Gasteiger partial charge on any atom is -0.484 e. The molecular formula is C23H29N3O2. The lowest BCUT2D eigenvalue weighted by atomic mass is 10.1. The highest BCUT2D eigenvalue weighted by Crippen LogP contribution is 2.17. The van der Waals surface area contributed by atoms with Gasteiger partial charge < -0.3 is 14.6 Å². The lowest BCUT2D eigenvalue weighted by molar-refractivity contribution is -0.123. The summed E-state index contributed by atoms with van der Waals surface area (Å²) in [5.41, 5.74) is 2.10. The normalized spacial score (nSPS) is 10.9. The largest absolute Gasteiger partial charge is 0.484 e. The molecular weight excluding hydrogens is 350 g/mol. The molecule has 0 aliphatic heterocycles. The van der Waals surface area contributed by atoms with Crippen LogP contribution in [0.3, 0.4) is 0 Å². The average Bonchev–Trinajstić information content (AvgIpc) is 3.09. The van der Waals surface area contributed by atoms with Crippen LogP contribution in [-0.4, -0.2) is 22.1 Å². The van der Waals surface area contributed by atoms with Gasteiger partial charge in [0, 0.05) is 6.54 Å². The summed E-state index contributed by atoms with van der Waals surface area (Å²) >= 11 is 0. The van der Waals surface area contributed by atoms with Crippen LogP contribution < -0.4 is 10.1 Å².